The summed E-state index contributed by atoms with van der Waals surface area (Å²) in [5, 5.41) is 6.63. The van der Waals surface area contributed by atoms with Crippen LogP contribution in [0.5, 0.6) is 5.75 Å². The molecule has 0 aromatic heterocycles. The highest BCUT2D eigenvalue weighted by Gasteiger charge is 2.02. The van der Waals surface area contributed by atoms with Crippen molar-refractivity contribution in [3.05, 3.63) is 59.7 Å². The van der Waals surface area contributed by atoms with Crippen molar-refractivity contribution in [3.8, 4) is 5.75 Å². The number of hydrogen-bond acceptors (Lipinski definition) is 4. The molecule has 166 valence electrons. The minimum atomic E-state index is 0. The molecule has 2 aromatic carbocycles. The van der Waals surface area contributed by atoms with Crippen molar-refractivity contribution in [3.63, 3.8) is 0 Å². The highest BCUT2D eigenvalue weighted by atomic mass is 127. The molecule has 0 amide bonds. The lowest BCUT2D eigenvalue weighted by Crippen LogP contribution is -2.30. The van der Waals surface area contributed by atoms with Crippen LogP contribution in [-0.4, -0.2) is 39.4 Å². The van der Waals surface area contributed by atoms with E-state index in [2.05, 4.69) is 41.8 Å². The molecule has 2 N–H and O–H groups in total. The molecule has 0 aliphatic carbocycles. The fraction of sp³-hybridized carbons (Fsp3) is 0.435. The third-order valence-corrected chi connectivity index (χ3v) is 4.12. The molecule has 0 unspecified atom stereocenters. The normalized spacial score (nSPS) is 11.0. The van der Waals surface area contributed by atoms with E-state index in [0.29, 0.717) is 26.4 Å². The summed E-state index contributed by atoms with van der Waals surface area (Å²) < 4.78 is 16.3. The summed E-state index contributed by atoms with van der Waals surface area (Å²) >= 11 is 0. The Kier molecular flexibility index (Phi) is 13.9. The minimum Gasteiger partial charge on any atom is -0.493 e. The number of anilines is 1. The third-order valence-electron chi connectivity index (χ3n) is 4.12. The van der Waals surface area contributed by atoms with E-state index < -0.39 is 0 Å². The van der Waals surface area contributed by atoms with Gasteiger partial charge < -0.3 is 24.8 Å². The zero-order valence-electron chi connectivity index (χ0n) is 18.1. The summed E-state index contributed by atoms with van der Waals surface area (Å²) in [6, 6.07) is 16.3. The van der Waals surface area contributed by atoms with Gasteiger partial charge in [-0.15, -0.1) is 24.0 Å². The Morgan fingerprint density at radius 3 is 2.47 bits per heavy atom. The van der Waals surface area contributed by atoms with E-state index >= 15 is 0 Å². The van der Waals surface area contributed by atoms with Crippen LogP contribution in [0.1, 0.15) is 31.4 Å². The van der Waals surface area contributed by atoms with Crippen LogP contribution in [0.2, 0.25) is 0 Å². The number of hydrogen-bond donors (Lipinski definition) is 2. The summed E-state index contributed by atoms with van der Waals surface area (Å²) in [6.45, 7) is 8.13. The maximum absolute atomic E-state index is 5.77. The lowest BCUT2D eigenvalue weighted by molar-refractivity contribution is 0.134. The first kappa shape index (κ1) is 26.2. The van der Waals surface area contributed by atoms with Crippen molar-refractivity contribution in [2.75, 3.05) is 38.8 Å². The second kappa shape index (κ2) is 15.9. The van der Waals surface area contributed by atoms with Gasteiger partial charge in [-0.25, -0.2) is 4.99 Å². The lowest BCUT2D eigenvalue weighted by Gasteiger charge is -2.13. The smallest absolute Gasteiger partial charge is 0.196 e. The zero-order valence-corrected chi connectivity index (χ0v) is 20.5. The number of nitrogens with one attached hydrogen (secondary N) is 2. The average molecular weight is 527 g/mol. The van der Waals surface area contributed by atoms with Crippen LogP contribution in [0.25, 0.3) is 0 Å². The van der Waals surface area contributed by atoms with E-state index in [4.69, 9.17) is 19.2 Å². The van der Waals surface area contributed by atoms with Crippen molar-refractivity contribution in [2.24, 2.45) is 4.99 Å². The largest absolute Gasteiger partial charge is 0.493 e. The molecule has 7 heteroatoms. The number of halogens is 1. The maximum Gasteiger partial charge on any atom is 0.196 e. The summed E-state index contributed by atoms with van der Waals surface area (Å²) in [4.78, 5) is 4.69. The van der Waals surface area contributed by atoms with Crippen molar-refractivity contribution < 1.29 is 14.2 Å². The second-order valence-electron chi connectivity index (χ2n) is 6.50. The Bertz CT molecular complexity index is 739. The van der Waals surface area contributed by atoms with Crippen LogP contribution in [0, 0.1) is 0 Å². The minimum absolute atomic E-state index is 0. The van der Waals surface area contributed by atoms with E-state index in [1.165, 1.54) is 5.56 Å². The van der Waals surface area contributed by atoms with Crippen LogP contribution >= 0.6 is 24.0 Å². The highest BCUT2D eigenvalue weighted by Crippen LogP contribution is 2.17. The maximum atomic E-state index is 5.77. The van der Waals surface area contributed by atoms with Gasteiger partial charge in [-0.1, -0.05) is 30.3 Å². The van der Waals surface area contributed by atoms with Crippen LogP contribution < -0.4 is 15.4 Å². The van der Waals surface area contributed by atoms with Crippen molar-refractivity contribution in [2.45, 2.75) is 33.4 Å². The van der Waals surface area contributed by atoms with Gasteiger partial charge in [-0.2, -0.15) is 0 Å². The Morgan fingerprint density at radius 1 is 1.00 bits per heavy atom. The van der Waals surface area contributed by atoms with Crippen LogP contribution in [0.3, 0.4) is 0 Å². The van der Waals surface area contributed by atoms with E-state index in [9.17, 15) is 0 Å². The van der Waals surface area contributed by atoms with Gasteiger partial charge in [-0.05, 0) is 37.1 Å². The van der Waals surface area contributed by atoms with Gasteiger partial charge in [0.15, 0.2) is 5.96 Å². The standard InChI is InChI=1S/C23H33N3O3.HI/c1-4-24-23(25-17-19-10-12-20(13-11-19)18-28-5-2)26-21-8-6-9-22(16-21)29-15-7-14-27-3;/h6,8-13,16H,4-5,7,14-15,17-18H2,1-3H3,(H2,24,25,26);1H. The van der Waals surface area contributed by atoms with Gasteiger partial charge in [-0.3, -0.25) is 0 Å². The number of guanidine groups is 1. The van der Waals surface area contributed by atoms with Crippen molar-refractivity contribution in [1.29, 1.82) is 0 Å². The lowest BCUT2D eigenvalue weighted by atomic mass is 10.1. The Hall–Kier alpha value is -1.84. The fourth-order valence-electron chi connectivity index (χ4n) is 2.63. The molecule has 0 aliphatic heterocycles. The first-order chi connectivity index (χ1) is 14.2. The molecule has 6 nitrogen and oxygen atoms in total. The van der Waals surface area contributed by atoms with Gasteiger partial charge in [0.25, 0.3) is 0 Å². The van der Waals surface area contributed by atoms with Gasteiger partial charge in [0.05, 0.1) is 19.8 Å². The van der Waals surface area contributed by atoms with Crippen LogP contribution in [0.15, 0.2) is 53.5 Å². The van der Waals surface area contributed by atoms with Gasteiger partial charge in [0.1, 0.15) is 5.75 Å². The van der Waals surface area contributed by atoms with E-state index in [1.807, 2.05) is 31.2 Å². The predicted octanol–water partition coefficient (Wildman–Crippen LogP) is 4.83. The summed E-state index contributed by atoms with van der Waals surface area (Å²) in [6.07, 6.45) is 0.863. The van der Waals surface area contributed by atoms with Gasteiger partial charge in [0.2, 0.25) is 0 Å². The second-order valence-corrected chi connectivity index (χ2v) is 6.50. The molecule has 0 saturated carbocycles. The Labute approximate surface area is 197 Å². The molecule has 0 atom stereocenters. The van der Waals surface area contributed by atoms with E-state index in [-0.39, 0.29) is 24.0 Å². The van der Waals surface area contributed by atoms with Crippen molar-refractivity contribution >= 4 is 35.6 Å². The van der Waals surface area contributed by atoms with E-state index in [0.717, 1.165) is 42.5 Å². The Morgan fingerprint density at radius 2 is 1.77 bits per heavy atom. The molecule has 0 bridgehead atoms. The molecular weight excluding hydrogens is 493 g/mol. The molecule has 0 saturated heterocycles. The highest BCUT2D eigenvalue weighted by molar-refractivity contribution is 14.0. The molecule has 2 rings (SSSR count). The number of methoxy groups -OCH3 is 1. The number of benzene rings is 2. The van der Waals surface area contributed by atoms with Crippen molar-refractivity contribution in [1.82, 2.24) is 5.32 Å². The summed E-state index contributed by atoms with van der Waals surface area (Å²) in [5.41, 5.74) is 3.26. The zero-order chi connectivity index (χ0) is 20.7. The average Bonchev–Trinajstić information content (AvgIpc) is 2.75. The monoisotopic (exact) mass is 527 g/mol. The molecule has 2 aromatic rings. The quantitative estimate of drug-likeness (QED) is 0.179. The third kappa shape index (κ3) is 10.3. The predicted molar refractivity (Wildman–Crippen MR) is 134 cm³/mol. The molecule has 0 heterocycles. The molecule has 30 heavy (non-hydrogen) atoms. The number of rotatable bonds is 12. The molecule has 0 fully saturated rings. The topological polar surface area (TPSA) is 64.1 Å². The fourth-order valence-corrected chi connectivity index (χ4v) is 2.63. The van der Waals surface area contributed by atoms with Gasteiger partial charge in [0, 0.05) is 45.0 Å². The molecule has 0 radical (unpaired) electrons. The molecular formula is C23H34IN3O3. The first-order valence-electron chi connectivity index (χ1n) is 10.2. The van der Waals surface area contributed by atoms with Crippen LogP contribution in [-0.2, 0) is 22.6 Å². The number of aliphatic imine (C=N–C) groups is 1. The summed E-state index contributed by atoms with van der Waals surface area (Å²) in [5.74, 6) is 1.56. The first-order valence-corrected chi connectivity index (χ1v) is 10.2. The SMILES string of the molecule is CCNC(=NCc1ccc(COCC)cc1)Nc1cccc(OCCCOC)c1.I. The van der Waals surface area contributed by atoms with E-state index in [1.54, 1.807) is 7.11 Å². The number of ether oxygens (including phenoxy) is 3. The summed E-state index contributed by atoms with van der Waals surface area (Å²) in [7, 11) is 1.70. The van der Waals surface area contributed by atoms with Gasteiger partial charge >= 0.3 is 0 Å². The molecule has 0 aliphatic rings. The van der Waals surface area contributed by atoms with Crippen LogP contribution in [0.4, 0.5) is 5.69 Å². The Balaban J connectivity index is 0.00000450. The molecule has 0 spiro atoms. The number of nitrogens with zero attached hydrogens (tertiary/aromatic N) is 1.